The molecular weight excluding hydrogens is 202 g/mol. The Morgan fingerprint density at radius 1 is 1.31 bits per heavy atom. The normalized spacial score (nSPS) is 24.3. The minimum atomic E-state index is -0.145. The lowest BCUT2D eigenvalue weighted by molar-refractivity contribution is -0.150. The average molecular weight is 219 g/mol. The minimum absolute atomic E-state index is 0.0109. The fraction of sp³-hybridized carbons (Fsp3) is 0.462. The maximum Gasteiger partial charge on any atom is 0.310 e. The van der Waals surface area contributed by atoms with Crippen molar-refractivity contribution in [3.63, 3.8) is 0 Å². The van der Waals surface area contributed by atoms with Crippen molar-refractivity contribution in [2.45, 2.75) is 31.9 Å². The van der Waals surface area contributed by atoms with E-state index in [2.05, 4.69) is 0 Å². The summed E-state index contributed by atoms with van der Waals surface area (Å²) in [5.74, 6) is -0.238. The van der Waals surface area contributed by atoms with Crippen molar-refractivity contribution >= 4 is 5.97 Å². The number of carbonyl (C=O) groups excluding carboxylic acids is 1. The van der Waals surface area contributed by atoms with Crippen LogP contribution in [0.4, 0.5) is 0 Å². The van der Waals surface area contributed by atoms with E-state index in [0.717, 1.165) is 24.8 Å². The molecule has 2 atom stereocenters. The van der Waals surface area contributed by atoms with Crippen molar-refractivity contribution in [1.29, 1.82) is 0 Å². The maximum absolute atomic E-state index is 11.7. The number of esters is 1. The van der Waals surface area contributed by atoms with Gasteiger partial charge in [-0.05, 0) is 18.4 Å². The Bertz CT molecular complexity index is 350. The van der Waals surface area contributed by atoms with Crippen molar-refractivity contribution in [1.82, 2.24) is 0 Å². The molecule has 1 aromatic carbocycles. The monoisotopic (exact) mass is 219 g/mol. The molecule has 0 aliphatic heterocycles. The van der Waals surface area contributed by atoms with Crippen LogP contribution in [0.1, 0.15) is 24.8 Å². The molecule has 1 aromatic rings. The van der Waals surface area contributed by atoms with Gasteiger partial charge >= 0.3 is 5.97 Å². The molecule has 0 saturated heterocycles. The van der Waals surface area contributed by atoms with Gasteiger partial charge in [0.15, 0.2) is 0 Å². The third kappa shape index (κ3) is 2.61. The summed E-state index contributed by atoms with van der Waals surface area (Å²) in [6, 6.07) is 9.69. The summed E-state index contributed by atoms with van der Waals surface area (Å²) in [5, 5.41) is 0. The second-order valence-corrected chi connectivity index (χ2v) is 4.29. The van der Waals surface area contributed by atoms with Gasteiger partial charge in [-0.3, -0.25) is 4.79 Å². The highest BCUT2D eigenvalue weighted by Crippen LogP contribution is 2.25. The van der Waals surface area contributed by atoms with Crippen LogP contribution in [0, 0.1) is 5.92 Å². The number of ether oxygens (including phenoxy) is 1. The molecule has 1 saturated carbocycles. The van der Waals surface area contributed by atoms with Crippen LogP contribution in [0.5, 0.6) is 0 Å². The highest BCUT2D eigenvalue weighted by Gasteiger charge is 2.31. The summed E-state index contributed by atoms with van der Waals surface area (Å²) in [5.41, 5.74) is 6.86. The van der Waals surface area contributed by atoms with E-state index < -0.39 is 0 Å². The fourth-order valence-corrected chi connectivity index (χ4v) is 2.12. The predicted octanol–water partition coefficient (Wildman–Crippen LogP) is 1.86. The summed E-state index contributed by atoms with van der Waals surface area (Å²) in [7, 11) is 0. The first-order valence-electron chi connectivity index (χ1n) is 5.73. The average Bonchev–Trinajstić information content (AvgIpc) is 2.74. The molecular formula is C13H17NO2. The maximum atomic E-state index is 11.7. The van der Waals surface area contributed by atoms with Crippen LogP contribution < -0.4 is 5.73 Å². The third-order valence-electron chi connectivity index (χ3n) is 3.10. The van der Waals surface area contributed by atoms with Crippen LogP contribution in [0.25, 0.3) is 0 Å². The van der Waals surface area contributed by atoms with Crippen molar-refractivity contribution in [3.05, 3.63) is 35.9 Å². The number of carbonyl (C=O) groups is 1. The second kappa shape index (κ2) is 5.12. The summed E-state index contributed by atoms with van der Waals surface area (Å²) < 4.78 is 5.26. The van der Waals surface area contributed by atoms with Gasteiger partial charge in [0.2, 0.25) is 0 Å². The lowest BCUT2D eigenvalue weighted by atomic mass is 10.1. The van der Waals surface area contributed by atoms with E-state index >= 15 is 0 Å². The Hall–Kier alpha value is -1.35. The number of hydrogen-bond donors (Lipinski definition) is 1. The molecule has 0 amide bonds. The zero-order valence-electron chi connectivity index (χ0n) is 9.26. The van der Waals surface area contributed by atoms with Crippen LogP contribution in [0.2, 0.25) is 0 Å². The molecule has 3 heteroatoms. The van der Waals surface area contributed by atoms with Gasteiger partial charge in [-0.25, -0.2) is 0 Å². The molecule has 2 rings (SSSR count). The largest absolute Gasteiger partial charge is 0.461 e. The summed E-state index contributed by atoms with van der Waals surface area (Å²) in [6.45, 7) is 0.350. The van der Waals surface area contributed by atoms with Gasteiger partial charge in [0.05, 0.1) is 5.92 Å². The molecule has 0 spiro atoms. The molecule has 1 aliphatic carbocycles. The van der Waals surface area contributed by atoms with Gasteiger partial charge in [0.1, 0.15) is 6.61 Å². The van der Waals surface area contributed by atoms with E-state index in [1.54, 1.807) is 0 Å². The van der Waals surface area contributed by atoms with Gasteiger partial charge < -0.3 is 10.5 Å². The fourth-order valence-electron chi connectivity index (χ4n) is 2.12. The first kappa shape index (κ1) is 11.1. The Labute approximate surface area is 95.6 Å². The zero-order chi connectivity index (χ0) is 11.4. The van der Waals surface area contributed by atoms with E-state index in [1.807, 2.05) is 30.3 Å². The Balaban J connectivity index is 1.84. The van der Waals surface area contributed by atoms with Crippen LogP contribution in [0.15, 0.2) is 30.3 Å². The van der Waals surface area contributed by atoms with E-state index in [1.165, 1.54) is 0 Å². The van der Waals surface area contributed by atoms with Gasteiger partial charge in [0, 0.05) is 6.04 Å². The number of rotatable bonds is 3. The molecule has 2 unspecified atom stereocenters. The van der Waals surface area contributed by atoms with Crippen LogP contribution in [-0.2, 0) is 16.1 Å². The summed E-state index contributed by atoms with van der Waals surface area (Å²) in [6.07, 6.45) is 2.84. The Morgan fingerprint density at radius 2 is 2.06 bits per heavy atom. The highest BCUT2D eigenvalue weighted by atomic mass is 16.5. The van der Waals surface area contributed by atoms with Crippen molar-refractivity contribution in [3.8, 4) is 0 Å². The van der Waals surface area contributed by atoms with E-state index in [0.29, 0.717) is 6.61 Å². The molecule has 86 valence electrons. The number of benzene rings is 1. The Morgan fingerprint density at radius 3 is 2.69 bits per heavy atom. The van der Waals surface area contributed by atoms with Gasteiger partial charge in [-0.15, -0.1) is 0 Å². The molecule has 0 heterocycles. The first-order valence-corrected chi connectivity index (χ1v) is 5.73. The van der Waals surface area contributed by atoms with Crippen LogP contribution >= 0.6 is 0 Å². The minimum Gasteiger partial charge on any atom is -0.461 e. The van der Waals surface area contributed by atoms with Gasteiger partial charge in [-0.2, -0.15) is 0 Å². The zero-order valence-corrected chi connectivity index (χ0v) is 9.26. The van der Waals surface area contributed by atoms with Crippen molar-refractivity contribution < 1.29 is 9.53 Å². The lowest BCUT2D eigenvalue weighted by Crippen LogP contribution is -2.31. The third-order valence-corrected chi connectivity index (χ3v) is 3.10. The number of hydrogen-bond acceptors (Lipinski definition) is 3. The Kier molecular flexibility index (Phi) is 3.57. The van der Waals surface area contributed by atoms with Crippen LogP contribution in [-0.4, -0.2) is 12.0 Å². The molecule has 2 N–H and O–H groups in total. The molecule has 3 nitrogen and oxygen atoms in total. The van der Waals surface area contributed by atoms with Gasteiger partial charge in [0.25, 0.3) is 0 Å². The predicted molar refractivity (Wildman–Crippen MR) is 61.6 cm³/mol. The second-order valence-electron chi connectivity index (χ2n) is 4.29. The molecule has 1 fully saturated rings. The standard InChI is InChI=1S/C13H17NO2/c14-12-8-4-7-11(12)13(15)16-9-10-5-2-1-3-6-10/h1-3,5-6,11-12H,4,7-9,14H2. The van der Waals surface area contributed by atoms with Crippen molar-refractivity contribution in [2.24, 2.45) is 11.7 Å². The van der Waals surface area contributed by atoms with Crippen LogP contribution in [0.3, 0.4) is 0 Å². The molecule has 0 aromatic heterocycles. The lowest BCUT2D eigenvalue weighted by Gasteiger charge is -2.14. The molecule has 0 bridgehead atoms. The SMILES string of the molecule is NC1CCCC1C(=O)OCc1ccccc1. The van der Waals surface area contributed by atoms with Crippen molar-refractivity contribution in [2.75, 3.05) is 0 Å². The molecule has 0 radical (unpaired) electrons. The van der Waals surface area contributed by atoms with E-state index in [-0.39, 0.29) is 17.9 Å². The molecule has 1 aliphatic rings. The van der Waals surface area contributed by atoms with E-state index in [4.69, 9.17) is 10.5 Å². The topological polar surface area (TPSA) is 52.3 Å². The first-order chi connectivity index (χ1) is 7.77. The summed E-state index contributed by atoms with van der Waals surface area (Å²) in [4.78, 5) is 11.7. The highest BCUT2D eigenvalue weighted by molar-refractivity contribution is 5.73. The smallest absolute Gasteiger partial charge is 0.310 e. The number of nitrogens with two attached hydrogens (primary N) is 1. The van der Waals surface area contributed by atoms with E-state index in [9.17, 15) is 4.79 Å². The molecule has 16 heavy (non-hydrogen) atoms. The quantitative estimate of drug-likeness (QED) is 0.789. The van der Waals surface area contributed by atoms with Gasteiger partial charge in [-0.1, -0.05) is 36.8 Å². The summed E-state index contributed by atoms with van der Waals surface area (Å²) >= 11 is 0.